The molecule has 3 aliphatic rings. The summed E-state index contributed by atoms with van der Waals surface area (Å²) in [5, 5.41) is 3.12. The first-order valence-corrected chi connectivity index (χ1v) is 14.4. The summed E-state index contributed by atoms with van der Waals surface area (Å²) < 4.78 is 58.5. The van der Waals surface area contributed by atoms with Crippen LogP contribution >= 0.6 is 0 Å². The molecule has 1 aliphatic carbocycles. The minimum Gasteiger partial charge on any atom is -0.373 e. The van der Waals surface area contributed by atoms with Crippen LogP contribution < -0.4 is 5.32 Å². The molecule has 0 bridgehead atoms. The first-order chi connectivity index (χ1) is 17.4. The van der Waals surface area contributed by atoms with Crippen LogP contribution in [0.15, 0.2) is 34.2 Å². The van der Waals surface area contributed by atoms with Gasteiger partial charge in [0.05, 0.1) is 46.1 Å². The van der Waals surface area contributed by atoms with Gasteiger partial charge in [-0.25, -0.2) is 22.2 Å². The fourth-order valence-electron chi connectivity index (χ4n) is 4.85. The number of Topliss-reactive ketones (excluding diaryl/α,β-unsaturated/α-hetero) is 1. The van der Waals surface area contributed by atoms with Crippen LogP contribution in [0.25, 0.3) is 0 Å². The number of aromatic nitrogens is 1. The normalized spacial score (nSPS) is 21.0. The molecule has 0 unspecified atom stereocenters. The summed E-state index contributed by atoms with van der Waals surface area (Å²) in [5.74, 6) is 0.111. The molecule has 2 fully saturated rings. The Hall–Kier alpha value is -2.72. The molecule has 10 heteroatoms. The third-order valence-electron chi connectivity index (χ3n) is 7.17. The first-order valence-electron chi connectivity index (χ1n) is 12.5. The van der Waals surface area contributed by atoms with Crippen molar-refractivity contribution >= 4 is 38.4 Å². The van der Waals surface area contributed by atoms with Gasteiger partial charge in [0, 0.05) is 25.0 Å². The fourth-order valence-corrected chi connectivity index (χ4v) is 5.72. The zero-order valence-electron chi connectivity index (χ0n) is 21.2. The summed E-state index contributed by atoms with van der Waals surface area (Å²) in [5.41, 5.74) is 2.27. The molecule has 0 radical (unpaired) electrons. The molecule has 198 valence electrons. The second-order valence-corrected chi connectivity index (χ2v) is 13.1. The van der Waals surface area contributed by atoms with Gasteiger partial charge in [-0.1, -0.05) is 19.9 Å². The highest BCUT2D eigenvalue weighted by atomic mass is 32.2. The van der Waals surface area contributed by atoms with E-state index < -0.39 is 16.3 Å². The molecule has 2 aliphatic heterocycles. The molecule has 1 saturated carbocycles. The lowest BCUT2D eigenvalue weighted by atomic mass is 9.84. The zero-order valence-corrected chi connectivity index (χ0v) is 22.0. The number of nitrogens with zero attached hydrogens (tertiary/aromatic N) is 2. The van der Waals surface area contributed by atoms with Crippen LogP contribution in [0.5, 0.6) is 0 Å². The number of carbonyl (C=O) groups excluding carboxylic acids is 1. The van der Waals surface area contributed by atoms with Crippen LogP contribution in [0.4, 0.5) is 25.8 Å². The highest BCUT2D eigenvalue weighted by molar-refractivity contribution is 7.90. The van der Waals surface area contributed by atoms with Gasteiger partial charge in [0.2, 0.25) is 0 Å². The van der Waals surface area contributed by atoms with E-state index in [1.54, 1.807) is 18.2 Å². The highest BCUT2D eigenvalue weighted by Crippen LogP contribution is 2.41. The van der Waals surface area contributed by atoms with E-state index in [-0.39, 0.29) is 52.4 Å². The monoisotopic (exact) mass is 531 g/mol. The Morgan fingerprint density at radius 2 is 1.95 bits per heavy atom. The number of ketones is 1. The Balaban J connectivity index is 1.50. The van der Waals surface area contributed by atoms with Crippen LogP contribution in [0.2, 0.25) is 0 Å². The summed E-state index contributed by atoms with van der Waals surface area (Å²) in [4.78, 5) is 21.1. The average Bonchev–Trinajstić information content (AvgIpc) is 3.58. The topological polar surface area (TPSA) is 97.7 Å². The SMILES string of the molecule is CC1(C)CC[C@@H](c2ccc(Nc3cc(CC(=O)C4CC4)nc4c3N=C(C(F)F)C4)c(S(C)(=O)=O)c2)OC1. The van der Waals surface area contributed by atoms with Crippen molar-refractivity contribution in [3.8, 4) is 0 Å². The van der Waals surface area contributed by atoms with Crippen molar-refractivity contribution in [3.63, 3.8) is 0 Å². The summed E-state index contributed by atoms with van der Waals surface area (Å²) >= 11 is 0. The van der Waals surface area contributed by atoms with Gasteiger partial charge in [0.15, 0.2) is 9.84 Å². The van der Waals surface area contributed by atoms with Gasteiger partial charge in [-0.15, -0.1) is 0 Å². The number of hydrogen-bond donors (Lipinski definition) is 1. The Morgan fingerprint density at radius 1 is 1.19 bits per heavy atom. The Kier molecular flexibility index (Phi) is 6.68. The molecule has 1 saturated heterocycles. The number of anilines is 2. The molecule has 0 amide bonds. The van der Waals surface area contributed by atoms with Gasteiger partial charge in [0.25, 0.3) is 6.43 Å². The van der Waals surface area contributed by atoms with E-state index in [2.05, 4.69) is 29.1 Å². The number of hydrogen-bond acceptors (Lipinski definition) is 7. The first kappa shape index (κ1) is 25.9. The number of halogens is 2. The number of aliphatic imine (C=N–C) groups is 1. The van der Waals surface area contributed by atoms with Crippen LogP contribution in [0.3, 0.4) is 0 Å². The van der Waals surface area contributed by atoms with Crippen molar-refractivity contribution in [1.82, 2.24) is 4.98 Å². The lowest BCUT2D eigenvalue weighted by Crippen LogP contribution is -2.27. The number of carbonyl (C=O) groups is 1. The maximum Gasteiger partial charge on any atom is 0.277 e. The van der Waals surface area contributed by atoms with Gasteiger partial charge in [-0.2, -0.15) is 0 Å². The molecule has 3 heterocycles. The van der Waals surface area contributed by atoms with E-state index in [4.69, 9.17) is 4.74 Å². The van der Waals surface area contributed by atoms with Crippen LogP contribution in [-0.2, 0) is 32.2 Å². The summed E-state index contributed by atoms with van der Waals surface area (Å²) in [6, 6.07) is 6.73. The second-order valence-electron chi connectivity index (χ2n) is 11.1. The molecule has 37 heavy (non-hydrogen) atoms. The lowest BCUT2D eigenvalue weighted by molar-refractivity contribution is -0.119. The quantitative estimate of drug-likeness (QED) is 0.482. The van der Waals surface area contributed by atoms with Crippen molar-refractivity contribution in [3.05, 3.63) is 41.2 Å². The average molecular weight is 532 g/mol. The van der Waals surface area contributed by atoms with E-state index in [9.17, 15) is 22.0 Å². The highest BCUT2D eigenvalue weighted by Gasteiger charge is 2.32. The number of nitrogens with one attached hydrogen (secondary N) is 1. The van der Waals surface area contributed by atoms with E-state index in [1.807, 2.05) is 6.07 Å². The van der Waals surface area contributed by atoms with Crippen molar-refractivity contribution in [2.45, 2.75) is 69.8 Å². The van der Waals surface area contributed by atoms with Gasteiger partial charge in [-0.3, -0.25) is 9.78 Å². The smallest absolute Gasteiger partial charge is 0.277 e. The Labute approximate surface area is 215 Å². The molecule has 7 nitrogen and oxygen atoms in total. The third kappa shape index (κ3) is 5.75. The number of sulfone groups is 1. The molecule has 0 spiro atoms. The standard InChI is InChI=1S/C27H31F2N3O4S/c1-27(2)9-8-23(36-14-27)16-6-7-18(24(10-16)37(3,34)35)31-19-11-17(12-22(33)15-4-5-15)30-20-13-21(26(28)29)32-25(19)20/h6-7,10-11,15,23,26H,4-5,8-9,12-14H2,1-3H3,(H,30,31)/t23-/m0/s1. The predicted octanol–water partition coefficient (Wildman–Crippen LogP) is 5.52. The van der Waals surface area contributed by atoms with Gasteiger partial charge >= 0.3 is 0 Å². The molecule has 2 aromatic rings. The molecular formula is C27H31F2N3O4S. The minimum atomic E-state index is -3.65. The van der Waals surface area contributed by atoms with E-state index >= 15 is 0 Å². The van der Waals surface area contributed by atoms with Crippen LogP contribution in [0.1, 0.15) is 62.6 Å². The summed E-state index contributed by atoms with van der Waals surface area (Å²) in [6.45, 7) is 4.86. The van der Waals surface area contributed by atoms with E-state index in [1.165, 1.54) is 0 Å². The van der Waals surface area contributed by atoms with Crippen molar-refractivity contribution in [2.24, 2.45) is 16.3 Å². The number of ether oxygens (including phenoxy) is 1. The predicted molar refractivity (Wildman–Crippen MR) is 137 cm³/mol. The number of benzene rings is 1. The van der Waals surface area contributed by atoms with E-state index in [0.29, 0.717) is 29.4 Å². The number of pyridine rings is 1. The minimum absolute atomic E-state index is 0.0382. The number of rotatable bonds is 8. The maximum absolute atomic E-state index is 13.5. The van der Waals surface area contributed by atoms with Gasteiger partial charge < -0.3 is 10.1 Å². The lowest BCUT2D eigenvalue weighted by Gasteiger charge is -2.35. The van der Waals surface area contributed by atoms with Gasteiger partial charge in [0.1, 0.15) is 11.5 Å². The third-order valence-corrected chi connectivity index (χ3v) is 8.30. The summed E-state index contributed by atoms with van der Waals surface area (Å²) in [7, 11) is -3.65. The maximum atomic E-state index is 13.5. The van der Waals surface area contributed by atoms with Crippen LogP contribution in [-0.4, -0.2) is 44.2 Å². The van der Waals surface area contributed by atoms with Crippen molar-refractivity contribution in [1.29, 1.82) is 0 Å². The molecule has 1 aromatic heterocycles. The van der Waals surface area contributed by atoms with Crippen molar-refractivity contribution < 1.29 is 26.7 Å². The molecular weight excluding hydrogens is 500 g/mol. The molecule has 5 rings (SSSR count). The van der Waals surface area contributed by atoms with Crippen LogP contribution in [0, 0.1) is 11.3 Å². The Bertz CT molecular complexity index is 1370. The summed E-state index contributed by atoms with van der Waals surface area (Å²) in [6.07, 6.45) is 1.65. The molecule has 1 N–H and O–H groups in total. The van der Waals surface area contributed by atoms with Gasteiger partial charge in [-0.05, 0) is 54.9 Å². The number of fused-ring (bicyclic) bond motifs is 1. The molecule has 1 atom stereocenters. The zero-order chi connectivity index (χ0) is 26.5. The molecule has 1 aromatic carbocycles. The number of alkyl halides is 2. The fraction of sp³-hybridized carbons (Fsp3) is 0.519. The van der Waals surface area contributed by atoms with Crippen molar-refractivity contribution in [2.75, 3.05) is 18.2 Å². The van der Waals surface area contributed by atoms with E-state index in [0.717, 1.165) is 37.5 Å². The largest absolute Gasteiger partial charge is 0.373 e. The Morgan fingerprint density at radius 3 is 2.57 bits per heavy atom. The second kappa shape index (κ2) is 9.54.